The first kappa shape index (κ1) is 63.3. The summed E-state index contributed by atoms with van der Waals surface area (Å²) in [5.74, 6) is -1.13. The van der Waals surface area contributed by atoms with Crippen LogP contribution in [0, 0.1) is 23.3 Å². The van der Waals surface area contributed by atoms with Gasteiger partial charge in [0.15, 0.2) is 23.0 Å². The summed E-state index contributed by atoms with van der Waals surface area (Å²) in [5.41, 5.74) is 12.2. The summed E-state index contributed by atoms with van der Waals surface area (Å²) in [7, 11) is 0. The van der Waals surface area contributed by atoms with Crippen LogP contribution in [-0.2, 0) is 11.1 Å². The van der Waals surface area contributed by atoms with E-state index in [0.717, 1.165) is 25.1 Å². The number of hydrogen-bond donors (Lipinski definition) is 2. The molecule has 6 heterocycles. The van der Waals surface area contributed by atoms with Gasteiger partial charge < -0.3 is 20.9 Å². The van der Waals surface area contributed by atoms with Gasteiger partial charge in [-0.15, -0.1) is 26.3 Å². The zero-order valence-electron chi connectivity index (χ0n) is 46.4. The third-order valence-corrected chi connectivity index (χ3v) is 31.1. The Morgan fingerprint density at radius 1 is 0.548 bits per heavy atom. The maximum atomic E-state index is 14.8. The van der Waals surface area contributed by atoms with Crippen molar-refractivity contribution in [1.82, 2.24) is 19.8 Å². The molecule has 0 radical (unpaired) electrons. The Bertz CT molecular complexity index is 3360. The Balaban J connectivity index is 0.000000171. The van der Waals surface area contributed by atoms with Gasteiger partial charge in [0.25, 0.3) is 0 Å². The van der Waals surface area contributed by atoms with Gasteiger partial charge in [-0.3, -0.25) is 24.8 Å². The summed E-state index contributed by atoms with van der Waals surface area (Å²) in [6.07, 6.45) is 5.23. The molecule has 12 nitrogen and oxygen atoms in total. The molecule has 84 heavy (non-hydrogen) atoms. The number of hydrogen-bond acceptors (Lipinski definition) is 12. The molecule has 2 atom stereocenters. The number of benzene rings is 4. The number of nitrogens with two attached hydrogens (primary N) is 2. The molecule has 0 aliphatic carbocycles. The smallest absolute Gasteiger partial charge is 0.406 e. The molecule has 0 amide bonds. The third kappa shape index (κ3) is 14.3. The fourth-order valence-electron chi connectivity index (χ4n) is 11.1. The molecule has 446 valence electrons. The van der Waals surface area contributed by atoms with E-state index in [0.29, 0.717) is 60.1 Å². The fraction of sp³-hybridized carbons (Fsp3) is 0.367. The number of nitrogens with zero attached hydrogens (tertiary/aromatic N) is 8. The van der Waals surface area contributed by atoms with Crippen LogP contribution in [-0.4, -0.2) is 101 Å². The number of aromatic nitrogens is 2. The van der Waals surface area contributed by atoms with Crippen molar-refractivity contribution in [2.24, 2.45) is 31.4 Å². The number of aliphatic imine (C=N–C) groups is 4. The number of pyridine rings is 2. The van der Waals surface area contributed by atoms with Crippen molar-refractivity contribution in [3.8, 4) is 22.6 Å². The number of ether oxygens (including phenoxy) is 2. The summed E-state index contributed by atoms with van der Waals surface area (Å²) >= 11 is 0.743. The third-order valence-electron chi connectivity index (χ3n) is 15.0. The van der Waals surface area contributed by atoms with Crippen molar-refractivity contribution < 1.29 is 53.4 Å². The minimum Gasteiger partial charge on any atom is -0.406 e. The fourth-order valence-corrected chi connectivity index (χ4v) is 27.1. The molecule has 0 saturated heterocycles. The van der Waals surface area contributed by atoms with Crippen molar-refractivity contribution in [2.75, 3.05) is 26.2 Å². The number of fused-ring (bicyclic) bond motifs is 2. The Hall–Kier alpha value is -6.76. The van der Waals surface area contributed by atoms with Crippen molar-refractivity contribution in [1.29, 1.82) is 0 Å². The molecule has 0 fully saturated rings. The maximum Gasteiger partial charge on any atom is 0.573 e. The predicted molar refractivity (Wildman–Crippen MR) is 311 cm³/mol. The monoisotopic (exact) mass is 1340 g/mol. The molecule has 2 unspecified atom stereocenters. The van der Waals surface area contributed by atoms with Gasteiger partial charge in [0, 0.05) is 43.5 Å². The summed E-state index contributed by atoms with van der Waals surface area (Å²) in [4.78, 5) is 30.1. The first-order valence-corrected chi connectivity index (χ1v) is 35.9. The summed E-state index contributed by atoms with van der Waals surface area (Å²) in [6, 6.07) is 22.2. The van der Waals surface area contributed by atoms with Crippen LogP contribution in [0.5, 0.6) is 11.5 Å². The quantitative estimate of drug-likeness (QED) is 0.0676. The zero-order chi connectivity index (χ0) is 60.5. The van der Waals surface area contributed by atoms with Gasteiger partial charge in [-0.2, -0.15) is 0 Å². The van der Waals surface area contributed by atoms with Crippen molar-refractivity contribution >= 4 is 61.5 Å². The number of halogens is 11. The van der Waals surface area contributed by atoms with Crippen LogP contribution in [0.25, 0.3) is 11.1 Å². The van der Waals surface area contributed by atoms with Crippen molar-refractivity contribution in [3.05, 3.63) is 172 Å². The molecule has 0 spiro atoms. The van der Waals surface area contributed by atoms with E-state index in [4.69, 9.17) is 16.5 Å². The van der Waals surface area contributed by atoms with Crippen LogP contribution in [0.2, 0.25) is 13.3 Å². The summed E-state index contributed by atoms with van der Waals surface area (Å²) < 4.78 is 145. The molecule has 4 aliphatic rings. The van der Waals surface area contributed by atoms with Crippen LogP contribution in [0.1, 0.15) is 94.4 Å². The van der Waals surface area contributed by atoms with E-state index >= 15 is 0 Å². The first-order valence-electron chi connectivity index (χ1n) is 27.6. The van der Waals surface area contributed by atoms with Crippen LogP contribution < -0.4 is 24.5 Å². The Morgan fingerprint density at radius 2 is 0.976 bits per heavy atom. The number of guanidine groups is 2. The van der Waals surface area contributed by atoms with E-state index in [9.17, 15) is 43.9 Å². The van der Waals surface area contributed by atoms with Gasteiger partial charge in [0.05, 0.1) is 10.7 Å². The van der Waals surface area contributed by atoms with Crippen LogP contribution in [0.4, 0.5) is 43.9 Å². The normalized spacial score (nSPS) is 18.5. The molecular weight excluding hydrogens is 1280 g/mol. The molecule has 2 aromatic heterocycles. The molecule has 4 aliphatic heterocycles. The largest absolute Gasteiger partial charge is 0.573 e. The second-order valence-corrected chi connectivity index (χ2v) is 34.7. The van der Waals surface area contributed by atoms with E-state index < -0.39 is 65.4 Å². The molecule has 10 rings (SSSR count). The number of amidine groups is 2. The second kappa shape index (κ2) is 27.1. The summed E-state index contributed by atoms with van der Waals surface area (Å²) in [6.45, 7) is 9.02. The maximum absolute atomic E-state index is 14.8. The number of unbranched alkanes of at least 4 members (excludes halogenated alkanes) is 3. The molecule has 0 saturated carbocycles. The minimum atomic E-state index is -4.84. The van der Waals surface area contributed by atoms with E-state index in [1.165, 1.54) is 141 Å². The summed E-state index contributed by atoms with van der Waals surface area (Å²) in [5, 5.41) is 0. The molecule has 24 heteroatoms. The van der Waals surface area contributed by atoms with Gasteiger partial charge in [-0.25, -0.2) is 23.2 Å². The van der Waals surface area contributed by atoms with E-state index in [-0.39, 0.29) is 39.1 Å². The van der Waals surface area contributed by atoms with E-state index in [1.807, 2.05) is 12.3 Å². The standard InChI is InChI=1S/C24H18F5N5O.C19H15BrF4N4O.C5H3FN.3C4H9.Sn/c25-17-10-14(12-31-13-17)19-11-16(4-7-20(19)26)23(21-32-8-1-9-34(21)22(30)33-23)15-2-5-18(6-3-15)35-24(27,28)29;20-14-10-12(4-7-15(14)21)18(16-26-8-1-9-28(16)17(25)27-18)11-2-5-13(6-3-11)29-19(22,23)24;6-5-2-1-3-7-4-5;3*1-3-4-2;/h2-7,10-13H,1,8-9H2,(H2,30,33);2-7,10H,1,8-9H2,(H2,25,27);2-4H;3*1,3-4H2,2H3;. The molecule has 6 aromatic rings. The Labute approximate surface area is 493 Å². The van der Waals surface area contributed by atoms with Gasteiger partial charge >= 0.3 is 141 Å². The number of rotatable bonds is 17. The average Bonchev–Trinajstić information content (AvgIpc) is 1.58. The van der Waals surface area contributed by atoms with Crippen LogP contribution >= 0.6 is 15.9 Å². The van der Waals surface area contributed by atoms with Gasteiger partial charge in [0.1, 0.15) is 40.6 Å². The molecule has 4 aromatic carbocycles. The van der Waals surface area contributed by atoms with Gasteiger partial charge in [-0.1, -0.05) is 36.4 Å². The van der Waals surface area contributed by atoms with Crippen LogP contribution in [0.15, 0.2) is 146 Å². The van der Waals surface area contributed by atoms with Gasteiger partial charge in [-0.05, 0) is 106 Å². The molecule has 0 bridgehead atoms. The average molecular weight is 1340 g/mol. The minimum absolute atomic E-state index is 0.0783. The Morgan fingerprint density at radius 3 is 1.40 bits per heavy atom. The Kier molecular flexibility index (Phi) is 20.4. The zero-order valence-corrected chi connectivity index (χ0v) is 50.8. The second-order valence-electron chi connectivity index (χ2n) is 20.6. The predicted octanol–water partition coefficient (Wildman–Crippen LogP) is 14.0. The van der Waals surface area contributed by atoms with E-state index in [2.05, 4.69) is 71.1 Å². The molecule has 4 N–H and O–H groups in total. The van der Waals surface area contributed by atoms with Crippen LogP contribution in [0.3, 0.4) is 0 Å². The van der Waals surface area contributed by atoms with Gasteiger partial charge in [0.2, 0.25) is 0 Å². The van der Waals surface area contributed by atoms with Crippen molar-refractivity contribution in [3.63, 3.8) is 0 Å². The topological polar surface area (TPSA) is 152 Å². The SMILES string of the molecule is CCC[CH2][Sn]([CH2]CCC)([CH2]CCC)[c]1cncc(F)c1.NC1=NC(c2ccc(OC(F)(F)F)cc2)(c2ccc(F)c(-c3cncc(F)c3)c2)C2=NCCCN12.NC1=NC(c2ccc(OC(F)(F)F)cc2)(c2ccc(F)c(Br)c2)C2=NCCCN12. The van der Waals surface area contributed by atoms with E-state index in [1.54, 1.807) is 21.9 Å². The first-order chi connectivity index (χ1) is 40.1. The van der Waals surface area contributed by atoms with Crippen molar-refractivity contribution in [2.45, 2.75) is 109 Å². The molecular formula is C60H63BrF10N10O2Sn. The number of alkyl halides is 6.